The van der Waals surface area contributed by atoms with Crippen molar-refractivity contribution in [2.75, 3.05) is 0 Å². The van der Waals surface area contributed by atoms with E-state index >= 15 is 0 Å². The molecule has 0 unspecified atom stereocenters. The van der Waals surface area contributed by atoms with Crippen LogP contribution in [-0.4, -0.2) is 15.4 Å². The van der Waals surface area contributed by atoms with E-state index in [2.05, 4.69) is 28.2 Å². The summed E-state index contributed by atoms with van der Waals surface area (Å²) in [6.07, 6.45) is 3.62. The van der Waals surface area contributed by atoms with E-state index in [0.29, 0.717) is 0 Å². The number of rotatable bonds is 0. The molecule has 2 heterocycles. The predicted molar refractivity (Wildman–Crippen MR) is 70.7 cm³/mol. The van der Waals surface area contributed by atoms with Gasteiger partial charge in [0, 0.05) is 23.2 Å². The van der Waals surface area contributed by atoms with Gasteiger partial charge in [0.25, 0.3) is 0 Å². The first-order valence-corrected chi connectivity index (χ1v) is 4.53. The number of nitrogens with zero attached hydrogens (tertiary/aromatic N) is 2. The molecular weight excluding hydrogens is 216 g/mol. The van der Waals surface area contributed by atoms with Gasteiger partial charge in [0.2, 0.25) is 0 Å². The van der Waals surface area contributed by atoms with E-state index < -0.39 is 0 Å². The molecule has 1 aromatic carbocycles. The molecule has 0 fully saturated rings. The Morgan fingerprint density at radius 1 is 0.765 bits per heavy atom. The van der Waals surface area contributed by atoms with Crippen molar-refractivity contribution in [3.63, 3.8) is 0 Å². The van der Waals surface area contributed by atoms with Crippen LogP contribution in [0, 0.1) is 0 Å². The lowest BCUT2D eigenvalue weighted by atomic mass is 10.1. The molecule has 90 valence electrons. The average Bonchev–Trinajstić information content (AvgIpc) is 2.29. The second-order valence-electron chi connectivity index (χ2n) is 3.21. The lowest BCUT2D eigenvalue weighted by Gasteiger charge is -2.00. The number of aromatic nitrogens is 2. The minimum absolute atomic E-state index is 0. The second kappa shape index (κ2) is 5.86. The fourth-order valence-electron chi connectivity index (χ4n) is 1.70. The van der Waals surface area contributed by atoms with Crippen molar-refractivity contribution in [3.05, 3.63) is 48.8 Å². The third-order valence-electron chi connectivity index (χ3n) is 2.35. The van der Waals surface area contributed by atoms with E-state index in [1.807, 2.05) is 24.4 Å². The van der Waals surface area contributed by atoms with Crippen LogP contribution >= 0.6 is 0 Å². The van der Waals surface area contributed by atoms with Gasteiger partial charge in [0.05, 0.1) is 11.0 Å². The smallest absolute Gasteiger partial charge is 0.0795 e. The third-order valence-corrected chi connectivity index (χ3v) is 2.35. The minimum Gasteiger partial charge on any atom is -0.412 e. The van der Waals surface area contributed by atoms with Crippen molar-refractivity contribution in [2.24, 2.45) is 0 Å². The van der Waals surface area contributed by atoms with Crippen LogP contribution in [0.25, 0.3) is 21.8 Å². The van der Waals surface area contributed by atoms with Gasteiger partial charge in [-0.15, -0.1) is 0 Å². The summed E-state index contributed by atoms with van der Waals surface area (Å²) in [7, 11) is 0. The van der Waals surface area contributed by atoms with Crippen molar-refractivity contribution < 1.29 is 5.48 Å². The lowest BCUT2D eigenvalue weighted by molar-refractivity contribution is 0.824. The zero-order chi connectivity index (χ0) is 9.38. The third kappa shape index (κ3) is 2.36. The molecule has 5 nitrogen and oxygen atoms in total. The van der Waals surface area contributed by atoms with Gasteiger partial charge in [-0.1, -0.05) is 12.1 Å². The Balaban J connectivity index is 0.000000853. The molecule has 0 radical (unpaired) electrons. The average molecular weight is 232 g/mol. The first-order chi connectivity index (χ1) is 6.95. The van der Waals surface area contributed by atoms with Gasteiger partial charge >= 0.3 is 0 Å². The normalized spacial score (nSPS) is 8.94. The van der Waals surface area contributed by atoms with E-state index in [4.69, 9.17) is 0 Å². The summed E-state index contributed by atoms with van der Waals surface area (Å²) in [4.78, 5) is 8.66. The largest absolute Gasteiger partial charge is 0.412 e. The SMILES string of the molecule is N.N.O.c1cnc2c(c1)ccc1ncccc12. The Morgan fingerprint density at radius 3 is 2.29 bits per heavy atom. The molecule has 0 bridgehead atoms. The highest BCUT2D eigenvalue weighted by molar-refractivity contribution is 6.03. The predicted octanol–water partition coefficient (Wildman–Crippen LogP) is 2.28. The standard InChI is InChI=1S/C12H8N2.2H3N.H2O/c1-3-9-5-6-11-10(4-2-7-13-11)12(9)14-8-1;;;/h1-8H;2*1H3;1H2. The maximum absolute atomic E-state index is 4.37. The van der Waals surface area contributed by atoms with Crippen molar-refractivity contribution >= 4 is 21.8 Å². The molecule has 3 aromatic rings. The van der Waals surface area contributed by atoms with Crippen molar-refractivity contribution in [1.82, 2.24) is 22.3 Å². The van der Waals surface area contributed by atoms with Crippen LogP contribution in [0.5, 0.6) is 0 Å². The monoisotopic (exact) mass is 232 g/mol. The molecule has 0 aliphatic heterocycles. The van der Waals surface area contributed by atoms with E-state index in [0.717, 1.165) is 21.8 Å². The molecule has 3 rings (SSSR count). The molecule has 5 heteroatoms. The molecule has 0 spiro atoms. The van der Waals surface area contributed by atoms with E-state index in [1.165, 1.54) is 0 Å². The molecule has 0 saturated heterocycles. The van der Waals surface area contributed by atoms with Gasteiger partial charge < -0.3 is 17.8 Å². The Morgan fingerprint density at radius 2 is 1.47 bits per heavy atom. The summed E-state index contributed by atoms with van der Waals surface area (Å²) in [6, 6.07) is 12.1. The van der Waals surface area contributed by atoms with E-state index in [9.17, 15) is 0 Å². The van der Waals surface area contributed by atoms with Crippen molar-refractivity contribution in [3.8, 4) is 0 Å². The molecule has 0 aliphatic carbocycles. The maximum atomic E-state index is 4.37. The van der Waals surface area contributed by atoms with Crippen LogP contribution in [0.2, 0.25) is 0 Å². The summed E-state index contributed by atoms with van der Waals surface area (Å²) >= 11 is 0. The zero-order valence-corrected chi connectivity index (χ0v) is 9.43. The van der Waals surface area contributed by atoms with Crippen LogP contribution in [0.4, 0.5) is 0 Å². The molecule has 0 amide bonds. The molecule has 2 aromatic heterocycles. The Labute approximate surface area is 99.0 Å². The Kier molecular flexibility index (Phi) is 5.14. The second-order valence-corrected chi connectivity index (χ2v) is 3.21. The van der Waals surface area contributed by atoms with Gasteiger partial charge in [-0.05, 0) is 24.3 Å². The maximum Gasteiger partial charge on any atom is 0.0795 e. The first-order valence-electron chi connectivity index (χ1n) is 4.53. The number of benzene rings is 1. The quantitative estimate of drug-likeness (QED) is 0.576. The van der Waals surface area contributed by atoms with Crippen LogP contribution in [0.1, 0.15) is 0 Å². The van der Waals surface area contributed by atoms with Crippen LogP contribution in [-0.2, 0) is 0 Å². The van der Waals surface area contributed by atoms with Gasteiger partial charge in [-0.2, -0.15) is 0 Å². The highest BCUT2D eigenvalue weighted by atomic mass is 16.0. The fourth-order valence-corrected chi connectivity index (χ4v) is 1.70. The van der Waals surface area contributed by atoms with Crippen molar-refractivity contribution in [1.29, 1.82) is 0 Å². The number of fused-ring (bicyclic) bond motifs is 3. The van der Waals surface area contributed by atoms with Crippen molar-refractivity contribution in [2.45, 2.75) is 0 Å². The summed E-state index contributed by atoms with van der Waals surface area (Å²) in [5, 5.41) is 2.28. The van der Waals surface area contributed by atoms with E-state index in [-0.39, 0.29) is 17.8 Å². The van der Waals surface area contributed by atoms with Gasteiger partial charge in [-0.25, -0.2) is 0 Å². The van der Waals surface area contributed by atoms with Crippen LogP contribution in [0.3, 0.4) is 0 Å². The van der Waals surface area contributed by atoms with E-state index in [1.54, 1.807) is 6.20 Å². The molecule has 17 heavy (non-hydrogen) atoms. The van der Waals surface area contributed by atoms with Crippen LogP contribution < -0.4 is 12.3 Å². The topological polar surface area (TPSA) is 127 Å². The summed E-state index contributed by atoms with van der Waals surface area (Å²) in [5.41, 5.74) is 2.02. The summed E-state index contributed by atoms with van der Waals surface area (Å²) in [6.45, 7) is 0. The molecule has 8 N–H and O–H groups in total. The lowest BCUT2D eigenvalue weighted by Crippen LogP contribution is -1.82. The fraction of sp³-hybridized carbons (Fsp3) is 0. The Hall–Kier alpha value is -2.08. The zero-order valence-electron chi connectivity index (χ0n) is 9.43. The molecule has 0 aliphatic rings. The number of hydrogen-bond acceptors (Lipinski definition) is 4. The molecular formula is C12H16N4O. The molecule has 0 atom stereocenters. The van der Waals surface area contributed by atoms with Gasteiger partial charge in [-0.3, -0.25) is 9.97 Å². The molecule has 0 saturated carbocycles. The van der Waals surface area contributed by atoms with Gasteiger partial charge in [0.15, 0.2) is 0 Å². The highest BCUT2D eigenvalue weighted by Crippen LogP contribution is 2.20. The summed E-state index contributed by atoms with van der Waals surface area (Å²) in [5.74, 6) is 0. The first kappa shape index (κ1) is 14.9. The summed E-state index contributed by atoms with van der Waals surface area (Å²) < 4.78 is 0. The minimum atomic E-state index is 0. The van der Waals surface area contributed by atoms with Gasteiger partial charge in [0.1, 0.15) is 0 Å². The number of pyridine rings is 2. The highest BCUT2D eigenvalue weighted by Gasteiger charge is 1.99. The van der Waals surface area contributed by atoms with Crippen LogP contribution in [0.15, 0.2) is 48.8 Å². The Bertz CT molecular complexity index is 557. The number of hydrogen-bond donors (Lipinski definition) is 2.